The number of alkyl halides is 2. The summed E-state index contributed by atoms with van der Waals surface area (Å²) in [4.78, 5) is 5.75. The lowest BCUT2D eigenvalue weighted by molar-refractivity contribution is 0.147. The van der Waals surface area contributed by atoms with E-state index in [1.54, 1.807) is 25.9 Å². The van der Waals surface area contributed by atoms with Gasteiger partial charge in [-0.05, 0) is 24.6 Å². The molecule has 1 N–H and O–H groups in total. The third-order valence-electron chi connectivity index (χ3n) is 2.01. The summed E-state index contributed by atoms with van der Waals surface area (Å²) in [5, 5.41) is 9.32. The second-order valence-corrected chi connectivity index (χ2v) is 3.71. The van der Waals surface area contributed by atoms with Crippen LogP contribution in [0.3, 0.4) is 0 Å². The number of phenolic OH excluding ortho intramolecular Hbond substituents is 1. The highest BCUT2D eigenvalue weighted by molar-refractivity contribution is 5.64. The number of hydrogen-bond acceptors (Lipinski definition) is 2. The minimum Gasteiger partial charge on any atom is -0.507 e. The van der Waals surface area contributed by atoms with E-state index in [9.17, 15) is 13.9 Å². The molecule has 88 valence electrons. The van der Waals surface area contributed by atoms with E-state index >= 15 is 0 Å². The molecule has 0 heterocycles. The van der Waals surface area contributed by atoms with Gasteiger partial charge in [0.2, 0.25) is 0 Å². The normalized spacial score (nSPS) is 11.4. The Morgan fingerprint density at radius 2 is 2.00 bits per heavy atom. The third-order valence-corrected chi connectivity index (χ3v) is 2.01. The first kappa shape index (κ1) is 12.4. The summed E-state index contributed by atoms with van der Waals surface area (Å²) < 4.78 is 25.0. The fourth-order valence-electron chi connectivity index (χ4n) is 1.19. The van der Waals surface area contributed by atoms with Crippen molar-refractivity contribution < 1.29 is 13.9 Å². The maximum Gasteiger partial charge on any atom is 0.267 e. The Kier molecular flexibility index (Phi) is 3.82. The van der Waals surface area contributed by atoms with E-state index in [0.717, 1.165) is 0 Å². The van der Waals surface area contributed by atoms with Gasteiger partial charge in [0.05, 0.1) is 17.6 Å². The maximum atomic E-state index is 12.5. The molecule has 0 unspecified atom stereocenters. The Balaban J connectivity index is 3.15. The van der Waals surface area contributed by atoms with E-state index < -0.39 is 17.7 Å². The van der Waals surface area contributed by atoms with Gasteiger partial charge in [-0.3, -0.25) is 0 Å². The molecule has 0 bridgehead atoms. The third kappa shape index (κ3) is 2.92. The molecule has 0 atom stereocenters. The van der Waals surface area contributed by atoms with Crippen molar-refractivity contribution in [2.24, 2.45) is 4.99 Å². The Morgan fingerprint density at radius 1 is 1.38 bits per heavy atom. The number of aromatic hydroxyl groups is 1. The van der Waals surface area contributed by atoms with E-state index in [1.165, 1.54) is 18.5 Å². The summed E-state index contributed by atoms with van der Waals surface area (Å²) in [5.74, 6) is -0.392. The first-order chi connectivity index (χ1) is 7.41. The number of phenols is 1. The fraction of sp³-hybridized carbons (Fsp3) is 0.364. The molecule has 0 aliphatic carbocycles. The van der Waals surface area contributed by atoms with Gasteiger partial charge in [-0.2, -0.15) is 0 Å². The van der Waals surface area contributed by atoms with E-state index in [4.69, 9.17) is 0 Å². The van der Waals surface area contributed by atoms with Crippen LogP contribution in [0, 0.1) is 6.92 Å². The molecule has 0 aliphatic heterocycles. The summed E-state index contributed by atoms with van der Waals surface area (Å²) >= 11 is 0. The second-order valence-electron chi connectivity index (χ2n) is 3.71. The lowest BCUT2D eigenvalue weighted by atomic mass is 10.1. The largest absolute Gasteiger partial charge is 0.507 e. The molecule has 0 saturated heterocycles. The molecule has 0 spiro atoms. The molecular formula is C11H14F2N2O. The van der Waals surface area contributed by atoms with Crippen LogP contribution in [0.4, 0.5) is 14.5 Å². The molecule has 1 aromatic carbocycles. The Morgan fingerprint density at radius 3 is 2.50 bits per heavy atom. The number of benzene rings is 1. The molecule has 3 nitrogen and oxygen atoms in total. The first-order valence-electron chi connectivity index (χ1n) is 4.74. The van der Waals surface area contributed by atoms with E-state index in [0.29, 0.717) is 11.3 Å². The van der Waals surface area contributed by atoms with Crippen LogP contribution < -0.4 is 0 Å². The van der Waals surface area contributed by atoms with Gasteiger partial charge in [-0.25, -0.2) is 13.8 Å². The van der Waals surface area contributed by atoms with Crippen LogP contribution in [0.25, 0.3) is 0 Å². The van der Waals surface area contributed by atoms with Gasteiger partial charge in [0, 0.05) is 14.1 Å². The summed E-state index contributed by atoms with van der Waals surface area (Å²) in [5.41, 5.74) is 0.693. The van der Waals surface area contributed by atoms with Crippen molar-refractivity contribution in [2.45, 2.75) is 13.3 Å². The Hall–Kier alpha value is -1.65. The Labute approximate surface area is 93.0 Å². The van der Waals surface area contributed by atoms with E-state index in [2.05, 4.69) is 4.99 Å². The standard InChI is InChI=1S/C11H14F2N2O/c1-7-4-10(16)8(11(12)13)5-9(7)14-6-15(2)3/h4-6,11,16H,1-3H3. The lowest BCUT2D eigenvalue weighted by Crippen LogP contribution is -2.07. The Bertz CT molecular complexity index is 403. The number of hydrogen-bond donors (Lipinski definition) is 1. The molecular weight excluding hydrogens is 214 g/mol. The minimum absolute atomic E-state index is 0.392. The van der Waals surface area contributed by atoms with Gasteiger partial charge in [-0.1, -0.05) is 0 Å². The van der Waals surface area contributed by atoms with Gasteiger partial charge < -0.3 is 10.0 Å². The average Bonchev–Trinajstić information content (AvgIpc) is 2.15. The van der Waals surface area contributed by atoms with Crippen molar-refractivity contribution >= 4 is 12.0 Å². The number of rotatable bonds is 3. The monoisotopic (exact) mass is 228 g/mol. The topological polar surface area (TPSA) is 35.8 Å². The molecule has 16 heavy (non-hydrogen) atoms. The van der Waals surface area contributed by atoms with Gasteiger partial charge in [-0.15, -0.1) is 0 Å². The second kappa shape index (κ2) is 4.92. The number of nitrogens with zero attached hydrogens (tertiary/aromatic N) is 2. The molecule has 1 rings (SSSR count). The van der Waals surface area contributed by atoms with Crippen molar-refractivity contribution in [1.82, 2.24) is 4.90 Å². The number of halogens is 2. The van der Waals surface area contributed by atoms with Gasteiger partial charge in [0.25, 0.3) is 6.43 Å². The molecule has 1 aromatic rings. The van der Waals surface area contributed by atoms with Crippen LogP contribution in [0.15, 0.2) is 17.1 Å². The quantitative estimate of drug-likeness (QED) is 0.637. The van der Waals surface area contributed by atoms with E-state index in [1.807, 2.05) is 0 Å². The molecule has 0 saturated carbocycles. The van der Waals surface area contributed by atoms with Crippen LogP contribution in [0.1, 0.15) is 17.6 Å². The minimum atomic E-state index is -2.70. The molecule has 0 fully saturated rings. The van der Waals surface area contributed by atoms with Gasteiger partial charge in [0.1, 0.15) is 5.75 Å². The van der Waals surface area contributed by atoms with Crippen molar-refractivity contribution in [3.8, 4) is 5.75 Å². The summed E-state index contributed by atoms with van der Waals surface area (Å²) in [6.07, 6.45) is -1.18. The van der Waals surface area contributed by atoms with E-state index in [-0.39, 0.29) is 0 Å². The van der Waals surface area contributed by atoms with Crippen LogP contribution in [-0.2, 0) is 0 Å². The molecule has 0 aromatic heterocycles. The zero-order valence-corrected chi connectivity index (χ0v) is 9.41. The fourth-order valence-corrected chi connectivity index (χ4v) is 1.19. The highest BCUT2D eigenvalue weighted by atomic mass is 19.3. The van der Waals surface area contributed by atoms with Crippen molar-refractivity contribution in [3.05, 3.63) is 23.3 Å². The van der Waals surface area contributed by atoms with Gasteiger partial charge in [0.15, 0.2) is 0 Å². The zero-order chi connectivity index (χ0) is 12.3. The van der Waals surface area contributed by atoms with Crippen LogP contribution >= 0.6 is 0 Å². The number of aryl methyl sites for hydroxylation is 1. The smallest absolute Gasteiger partial charge is 0.267 e. The van der Waals surface area contributed by atoms with Crippen molar-refractivity contribution in [3.63, 3.8) is 0 Å². The molecule has 0 radical (unpaired) electrons. The summed E-state index contributed by atoms with van der Waals surface area (Å²) in [7, 11) is 3.57. The highest BCUT2D eigenvalue weighted by Crippen LogP contribution is 2.33. The van der Waals surface area contributed by atoms with Gasteiger partial charge >= 0.3 is 0 Å². The van der Waals surface area contributed by atoms with Crippen LogP contribution in [0.5, 0.6) is 5.75 Å². The first-order valence-corrected chi connectivity index (χ1v) is 4.74. The summed E-state index contributed by atoms with van der Waals surface area (Å²) in [6.45, 7) is 1.71. The highest BCUT2D eigenvalue weighted by Gasteiger charge is 2.14. The zero-order valence-electron chi connectivity index (χ0n) is 9.41. The predicted molar refractivity (Wildman–Crippen MR) is 59.6 cm³/mol. The van der Waals surface area contributed by atoms with Crippen LogP contribution in [0.2, 0.25) is 0 Å². The molecule has 5 heteroatoms. The maximum absolute atomic E-state index is 12.5. The average molecular weight is 228 g/mol. The van der Waals surface area contributed by atoms with Crippen molar-refractivity contribution in [2.75, 3.05) is 14.1 Å². The van der Waals surface area contributed by atoms with Crippen LogP contribution in [-0.4, -0.2) is 30.4 Å². The SMILES string of the molecule is Cc1cc(O)c(C(F)F)cc1N=CN(C)C. The summed E-state index contributed by atoms with van der Waals surface area (Å²) in [6, 6.07) is 2.50. The number of aliphatic imine (C=N–C) groups is 1. The molecule has 0 aliphatic rings. The lowest BCUT2D eigenvalue weighted by Gasteiger charge is -2.08. The predicted octanol–water partition coefficient (Wildman–Crippen LogP) is 2.86. The van der Waals surface area contributed by atoms with Crippen molar-refractivity contribution in [1.29, 1.82) is 0 Å². The molecule has 0 amide bonds.